The summed E-state index contributed by atoms with van der Waals surface area (Å²) in [7, 11) is 1.93. The number of benzene rings is 1. The van der Waals surface area contributed by atoms with Crippen LogP contribution in [-0.4, -0.2) is 58.0 Å². The van der Waals surface area contributed by atoms with E-state index in [1.807, 2.05) is 39.7 Å². The smallest absolute Gasteiger partial charge is 0.274 e. The van der Waals surface area contributed by atoms with Crippen LogP contribution in [0.3, 0.4) is 0 Å². The number of carbonyl (C=O) groups excluding carboxylic acids is 2. The van der Waals surface area contributed by atoms with Gasteiger partial charge in [0.15, 0.2) is 5.69 Å². The summed E-state index contributed by atoms with van der Waals surface area (Å²) < 4.78 is 0. The van der Waals surface area contributed by atoms with Crippen LogP contribution in [-0.2, 0) is 19.3 Å². The van der Waals surface area contributed by atoms with Crippen molar-refractivity contribution in [2.45, 2.75) is 51.0 Å². The molecule has 0 bridgehead atoms. The first-order valence-electron chi connectivity index (χ1n) is 12.3. The number of nitrogens with one attached hydrogen (secondary N) is 1. The van der Waals surface area contributed by atoms with Gasteiger partial charge in [0.05, 0.1) is 5.56 Å². The van der Waals surface area contributed by atoms with E-state index in [0.29, 0.717) is 24.7 Å². The van der Waals surface area contributed by atoms with Crippen molar-refractivity contribution in [1.29, 1.82) is 0 Å². The number of rotatable bonds is 6. The molecule has 5 rings (SSSR count). The summed E-state index contributed by atoms with van der Waals surface area (Å²) in [5.74, 6) is 0.467. The minimum Gasteiger partial charge on any atom is -0.338 e. The molecule has 1 atom stereocenters. The van der Waals surface area contributed by atoms with Crippen LogP contribution in [0.5, 0.6) is 0 Å². The van der Waals surface area contributed by atoms with E-state index >= 15 is 0 Å². The predicted octanol–water partition coefficient (Wildman–Crippen LogP) is 4.59. The average Bonchev–Trinajstić information content (AvgIpc) is 3.57. The van der Waals surface area contributed by atoms with E-state index in [-0.39, 0.29) is 17.9 Å². The van der Waals surface area contributed by atoms with E-state index in [1.54, 1.807) is 11.3 Å². The Hall–Kier alpha value is -2.93. The van der Waals surface area contributed by atoms with Gasteiger partial charge in [0.2, 0.25) is 0 Å². The summed E-state index contributed by atoms with van der Waals surface area (Å²) in [6.45, 7) is 1.41. The summed E-state index contributed by atoms with van der Waals surface area (Å²) in [6, 6.07) is 12.4. The van der Waals surface area contributed by atoms with Crippen molar-refractivity contribution in [2.75, 3.05) is 20.1 Å². The Morgan fingerprint density at radius 2 is 1.91 bits per heavy atom. The van der Waals surface area contributed by atoms with E-state index in [0.717, 1.165) is 61.8 Å². The molecule has 3 aromatic rings. The van der Waals surface area contributed by atoms with Crippen LogP contribution in [0.4, 0.5) is 0 Å². The third-order valence-electron chi connectivity index (χ3n) is 7.50. The minimum absolute atomic E-state index is 0.0557. The van der Waals surface area contributed by atoms with Gasteiger partial charge in [0.1, 0.15) is 0 Å². The molecule has 6 nitrogen and oxygen atoms in total. The normalized spacial score (nSPS) is 17.3. The first kappa shape index (κ1) is 22.8. The number of likely N-dealkylation sites (tertiary alicyclic amines) is 1. The van der Waals surface area contributed by atoms with E-state index < -0.39 is 0 Å². The maximum Gasteiger partial charge on any atom is 0.274 e. The second-order valence-electron chi connectivity index (χ2n) is 9.55. The number of piperidine rings is 1. The lowest BCUT2D eigenvalue weighted by molar-refractivity contribution is 0.0519. The van der Waals surface area contributed by atoms with Gasteiger partial charge in [-0.15, -0.1) is 0 Å². The zero-order chi connectivity index (χ0) is 23.5. The molecule has 7 heteroatoms. The second kappa shape index (κ2) is 10.1. The predicted molar refractivity (Wildman–Crippen MR) is 134 cm³/mol. The largest absolute Gasteiger partial charge is 0.338 e. The molecule has 0 spiro atoms. The van der Waals surface area contributed by atoms with Gasteiger partial charge in [-0.05, 0) is 67.9 Å². The summed E-state index contributed by atoms with van der Waals surface area (Å²) in [5.41, 5.74) is 4.88. The number of hydrogen-bond donors (Lipinski definition) is 1. The third kappa shape index (κ3) is 4.67. The molecular weight excluding hydrogens is 444 g/mol. The molecule has 2 aromatic heterocycles. The van der Waals surface area contributed by atoms with Crippen molar-refractivity contribution < 1.29 is 9.59 Å². The maximum atomic E-state index is 13.3. The zero-order valence-electron chi connectivity index (χ0n) is 19.7. The molecule has 1 saturated heterocycles. The van der Waals surface area contributed by atoms with Gasteiger partial charge >= 0.3 is 0 Å². The summed E-state index contributed by atoms with van der Waals surface area (Å²) in [5, 5.41) is 11.4. The van der Waals surface area contributed by atoms with E-state index in [4.69, 9.17) is 0 Å². The molecule has 1 aliphatic carbocycles. The number of aromatic nitrogens is 2. The number of H-pyrrole nitrogens is 1. The number of nitrogens with zero attached hydrogens (tertiary/aromatic N) is 3. The van der Waals surface area contributed by atoms with Crippen LogP contribution >= 0.6 is 11.3 Å². The van der Waals surface area contributed by atoms with Crippen LogP contribution < -0.4 is 0 Å². The van der Waals surface area contributed by atoms with Crippen LogP contribution in [0, 0.1) is 5.92 Å². The van der Waals surface area contributed by atoms with Gasteiger partial charge in [0, 0.05) is 42.8 Å². The van der Waals surface area contributed by atoms with E-state index in [1.165, 1.54) is 5.56 Å². The Bertz CT molecular complexity index is 1120. The van der Waals surface area contributed by atoms with Crippen molar-refractivity contribution in [1.82, 2.24) is 20.0 Å². The first-order valence-corrected chi connectivity index (χ1v) is 13.2. The quantitative estimate of drug-likeness (QED) is 0.566. The zero-order valence-corrected chi connectivity index (χ0v) is 20.5. The third-order valence-corrected chi connectivity index (χ3v) is 8.19. The highest BCUT2D eigenvalue weighted by atomic mass is 32.1. The fraction of sp³-hybridized carbons (Fsp3) is 0.444. The Morgan fingerprint density at radius 1 is 1.15 bits per heavy atom. The molecule has 178 valence electrons. The number of aryl methyl sites for hydroxylation is 1. The molecule has 0 radical (unpaired) electrons. The Balaban J connectivity index is 1.29. The number of hydrogen-bond acceptors (Lipinski definition) is 4. The van der Waals surface area contributed by atoms with Gasteiger partial charge in [0.25, 0.3) is 11.8 Å². The fourth-order valence-electron chi connectivity index (χ4n) is 5.51. The standard InChI is InChI=1S/C27H32N4O2S/c1-30(26(32)21-13-16-34-18-21)24(17-19-7-3-2-4-8-19)20-11-14-31(15-12-20)27(33)25-22-9-5-6-10-23(22)28-29-25/h2-4,7-8,13,16,18,20,24H,5-6,9-12,14-15,17H2,1H3,(H,28,29). The van der Waals surface area contributed by atoms with E-state index in [9.17, 15) is 9.59 Å². The lowest BCUT2D eigenvalue weighted by Gasteiger charge is -2.40. The second-order valence-corrected chi connectivity index (χ2v) is 10.3. The van der Waals surface area contributed by atoms with Gasteiger partial charge in [-0.2, -0.15) is 16.4 Å². The van der Waals surface area contributed by atoms with Crippen molar-refractivity contribution in [3.8, 4) is 0 Å². The molecule has 0 saturated carbocycles. The van der Waals surface area contributed by atoms with Crippen LogP contribution in [0.2, 0.25) is 0 Å². The number of carbonyl (C=O) groups is 2. The number of fused-ring (bicyclic) bond motifs is 1. The Morgan fingerprint density at radius 3 is 2.65 bits per heavy atom. The summed E-state index contributed by atoms with van der Waals surface area (Å²) in [6.07, 6.45) is 6.81. The summed E-state index contributed by atoms with van der Waals surface area (Å²) in [4.78, 5) is 30.4. The molecule has 2 amide bonds. The number of likely N-dealkylation sites (N-methyl/N-ethyl adjacent to an activating group) is 1. The lowest BCUT2D eigenvalue weighted by atomic mass is 9.84. The molecule has 2 aliphatic rings. The van der Waals surface area contributed by atoms with Crippen LogP contribution in [0.25, 0.3) is 0 Å². The summed E-state index contributed by atoms with van der Waals surface area (Å²) >= 11 is 1.55. The molecule has 1 fully saturated rings. The number of amides is 2. The molecule has 1 unspecified atom stereocenters. The highest BCUT2D eigenvalue weighted by molar-refractivity contribution is 7.08. The van der Waals surface area contributed by atoms with Crippen LogP contribution in [0.15, 0.2) is 47.2 Å². The molecule has 34 heavy (non-hydrogen) atoms. The number of thiophene rings is 1. The topological polar surface area (TPSA) is 69.3 Å². The maximum absolute atomic E-state index is 13.3. The molecule has 1 aromatic carbocycles. The molecule has 1 aliphatic heterocycles. The fourth-order valence-corrected chi connectivity index (χ4v) is 6.14. The van der Waals surface area contributed by atoms with Crippen molar-refractivity contribution in [3.05, 3.63) is 75.2 Å². The van der Waals surface area contributed by atoms with Gasteiger partial charge in [-0.1, -0.05) is 30.3 Å². The molecule has 3 heterocycles. The van der Waals surface area contributed by atoms with Crippen molar-refractivity contribution >= 4 is 23.2 Å². The number of aromatic amines is 1. The van der Waals surface area contributed by atoms with E-state index in [2.05, 4.69) is 34.5 Å². The highest BCUT2D eigenvalue weighted by Crippen LogP contribution is 2.29. The average molecular weight is 477 g/mol. The highest BCUT2D eigenvalue weighted by Gasteiger charge is 2.34. The Kier molecular flexibility index (Phi) is 6.81. The monoisotopic (exact) mass is 476 g/mol. The van der Waals surface area contributed by atoms with Crippen molar-refractivity contribution in [3.63, 3.8) is 0 Å². The van der Waals surface area contributed by atoms with Gasteiger partial charge in [-0.25, -0.2) is 0 Å². The van der Waals surface area contributed by atoms with Crippen molar-refractivity contribution in [2.24, 2.45) is 5.92 Å². The lowest BCUT2D eigenvalue weighted by Crippen LogP contribution is -2.48. The van der Waals surface area contributed by atoms with Crippen LogP contribution in [0.1, 0.15) is 63.4 Å². The minimum atomic E-state index is 0.0557. The molecular formula is C27H32N4O2S. The SMILES string of the molecule is CN(C(=O)c1ccsc1)C(Cc1ccccc1)C1CCN(C(=O)c2n[nH]c3c2CCCC3)CC1. The van der Waals surface area contributed by atoms with Gasteiger partial charge in [-0.3, -0.25) is 14.7 Å². The first-order chi connectivity index (χ1) is 16.6. The Labute approximate surface area is 205 Å². The molecule has 1 N–H and O–H groups in total. The van der Waals surface area contributed by atoms with Gasteiger partial charge < -0.3 is 9.80 Å².